The molecule has 31 heavy (non-hydrogen) atoms. The summed E-state index contributed by atoms with van der Waals surface area (Å²) in [7, 11) is 0. The lowest BCUT2D eigenvalue weighted by Gasteiger charge is -2.44. The van der Waals surface area contributed by atoms with Gasteiger partial charge in [0.25, 0.3) is 5.91 Å². The van der Waals surface area contributed by atoms with Crippen LogP contribution in [0.25, 0.3) is 0 Å². The molecule has 7 heteroatoms. The van der Waals surface area contributed by atoms with Gasteiger partial charge < -0.3 is 19.9 Å². The Labute approximate surface area is 187 Å². The highest BCUT2D eigenvalue weighted by molar-refractivity contribution is 8.00. The van der Waals surface area contributed by atoms with Crippen LogP contribution >= 0.6 is 11.8 Å². The molecule has 1 N–H and O–H groups in total. The summed E-state index contributed by atoms with van der Waals surface area (Å²) in [6.45, 7) is 6.10. The number of nitrogens with one attached hydrogen (secondary N) is 1. The van der Waals surface area contributed by atoms with Gasteiger partial charge in [-0.05, 0) is 56.0 Å². The molecule has 2 aliphatic heterocycles. The van der Waals surface area contributed by atoms with Crippen LogP contribution in [0.15, 0.2) is 48.5 Å². The van der Waals surface area contributed by atoms with E-state index in [1.54, 1.807) is 0 Å². The Morgan fingerprint density at radius 2 is 1.77 bits per heavy atom. The number of urea groups is 1. The fourth-order valence-electron chi connectivity index (χ4n) is 4.25. The van der Waals surface area contributed by atoms with Crippen molar-refractivity contribution >= 4 is 29.4 Å². The number of likely N-dealkylation sites (tertiary alicyclic amines) is 1. The molecule has 2 aromatic rings. The molecule has 0 radical (unpaired) electrons. The third kappa shape index (κ3) is 4.66. The molecule has 4 rings (SSSR count). The fourth-order valence-corrected chi connectivity index (χ4v) is 5.73. The average molecular weight is 440 g/mol. The number of hydrogen-bond donors (Lipinski definition) is 1. The van der Waals surface area contributed by atoms with E-state index in [0.717, 1.165) is 42.0 Å². The van der Waals surface area contributed by atoms with Crippen molar-refractivity contribution in [2.75, 3.05) is 37.3 Å². The molecule has 0 unspecified atom stereocenters. The molecule has 2 aromatic carbocycles. The van der Waals surface area contributed by atoms with Crippen molar-refractivity contribution in [3.63, 3.8) is 0 Å². The first-order valence-corrected chi connectivity index (χ1v) is 11.7. The van der Waals surface area contributed by atoms with Gasteiger partial charge in [-0.2, -0.15) is 0 Å². The molecule has 2 aliphatic rings. The minimum absolute atomic E-state index is 0.0159. The summed E-state index contributed by atoms with van der Waals surface area (Å²) < 4.78 is 5.69. The molecule has 0 saturated carbocycles. The zero-order valence-corrected chi connectivity index (χ0v) is 18.9. The molecule has 2 fully saturated rings. The zero-order valence-electron chi connectivity index (χ0n) is 18.1. The van der Waals surface area contributed by atoms with E-state index in [-0.39, 0.29) is 23.4 Å². The van der Waals surface area contributed by atoms with E-state index in [1.165, 1.54) is 0 Å². The first-order chi connectivity index (χ1) is 15.0. The first-order valence-electron chi connectivity index (χ1n) is 10.7. The highest BCUT2D eigenvalue weighted by Crippen LogP contribution is 2.44. The first kappa shape index (κ1) is 21.6. The Hall–Kier alpha value is -2.67. The molecule has 0 bridgehead atoms. The molecule has 2 saturated heterocycles. The van der Waals surface area contributed by atoms with Crippen LogP contribution in [0.4, 0.5) is 10.5 Å². The number of ether oxygens (including phenoxy) is 1. The minimum Gasteiger partial charge on any atom is -0.484 e. The number of carbonyl (C=O) groups is 2. The standard InChI is InChI=1S/C24H29N3O3S/c1-18-7-6-10-21(19(18)2)25-23(29)26-13-11-24(12-14-26)27(15-16-31-24)22(28)17-30-20-8-4-3-5-9-20/h3-10H,11-17H2,1-2H3,(H,25,29). The van der Waals surface area contributed by atoms with E-state index < -0.39 is 0 Å². The number of hydrogen-bond acceptors (Lipinski definition) is 4. The van der Waals surface area contributed by atoms with E-state index >= 15 is 0 Å². The number of carbonyl (C=O) groups excluding carboxylic acids is 2. The van der Waals surface area contributed by atoms with Gasteiger partial charge in [0.2, 0.25) is 0 Å². The van der Waals surface area contributed by atoms with Gasteiger partial charge in [0.05, 0.1) is 4.87 Å². The zero-order chi connectivity index (χ0) is 21.8. The van der Waals surface area contributed by atoms with Crippen LogP contribution in [0, 0.1) is 13.8 Å². The number of rotatable bonds is 4. The number of piperidine rings is 1. The van der Waals surface area contributed by atoms with Crippen LogP contribution in [0.5, 0.6) is 5.75 Å². The predicted octanol–water partition coefficient (Wildman–Crippen LogP) is 4.28. The molecule has 3 amide bonds. The summed E-state index contributed by atoms with van der Waals surface area (Å²) >= 11 is 1.84. The molecule has 1 spiro atoms. The molecular weight excluding hydrogens is 410 g/mol. The topological polar surface area (TPSA) is 61.9 Å². The number of anilines is 1. The molecule has 0 atom stereocenters. The second-order valence-electron chi connectivity index (χ2n) is 8.11. The van der Waals surface area contributed by atoms with E-state index in [2.05, 4.69) is 5.32 Å². The number of nitrogens with zero attached hydrogens (tertiary/aromatic N) is 2. The van der Waals surface area contributed by atoms with Gasteiger partial charge in [0, 0.05) is 31.1 Å². The number of para-hydroxylation sites is 1. The van der Waals surface area contributed by atoms with Gasteiger partial charge in [0.1, 0.15) is 5.75 Å². The SMILES string of the molecule is Cc1cccc(NC(=O)N2CCC3(CC2)SCCN3C(=O)COc2ccccc2)c1C. The second-order valence-corrected chi connectivity index (χ2v) is 9.56. The van der Waals surface area contributed by atoms with Crippen LogP contribution in [-0.4, -0.2) is 58.6 Å². The fraction of sp³-hybridized carbons (Fsp3) is 0.417. The third-order valence-corrected chi connectivity index (χ3v) is 7.81. The van der Waals surface area contributed by atoms with Gasteiger partial charge in [-0.15, -0.1) is 11.8 Å². The second kappa shape index (κ2) is 9.22. The quantitative estimate of drug-likeness (QED) is 0.772. The average Bonchev–Trinajstić information content (AvgIpc) is 3.19. The Kier molecular flexibility index (Phi) is 6.41. The van der Waals surface area contributed by atoms with Crippen LogP contribution in [0.1, 0.15) is 24.0 Å². The van der Waals surface area contributed by atoms with Crippen molar-refractivity contribution in [1.29, 1.82) is 0 Å². The lowest BCUT2D eigenvalue weighted by Crippen LogP contribution is -2.55. The summed E-state index contributed by atoms with van der Waals surface area (Å²) in [5.41, 5.74) is 3.10. The highest BCUT2D eigenvalue weighted by Gasteiger charge is 2.46. The number of amides is 3. The lowest BCUT2D eigenvalue weighted by atomic mass is 10.0. The summed E-state index contributed by atoms with van der Waals surface area (Å²) in [6.07, 6.45) is 1.55. The smallest absolute Gasteiger partial charge is 0.321 e. The molecular formula is C24H29N3O3S. The van der Waals surface area contributed by atoms with Crippen molar-refractivity contribution in [2.45, 2.75) is 31.6 Å². The van der Waals surface area contributed by atoms with Crippen LogP contribution in [0.2, 0.25) is 0 Å². The van der Waals surface area contributed by atoms with Gasteiger partial charge in [-0.3, -0.25) is 4.79 Å². The molecule has 2 heterocycles. The predicted molar refractivity (Wildman–Crippen MR) is 125 cm³/mol. The maximum Gasteiger partial charge on any atom is 0.321 e. The summed E-state index contributed by atoms with van der Waals surface area (Å²) in [5.74, 6) is 1.64. The van der Waals surface area contributed by atoms with Crippen molar-refractivity contribution < 1.29 is 14.3 Å². The van der Waals surface area contributed by atoms with Crippen molar-refractivity contribution in [1.82, 2.24) is 9.80 Å². The molecule has 6 nitrogen and oxygen atoms in total. The van der Waals surface area contributed by atoms with Gasteiger partial charge >= 0.3 is 6.03 Å². The Bertz CT molecular complexity index is 942. The maximum atomic E-state index is 12.9. The van der Waals surface area contributed by atoms with E-state index in [1.807, 2.05) is 83.9 Å². The van der Waals surface area contributed by atoms with Gasteiger partial charge in [0.15, 0.2) is 6.61 Å². The van der Waals surface area contributed by atoms with Crippen molar-refractivity contribution in [3.05, 3.63) is 59.7 Å². The van der Waals surface area contributed by atoms with Crippen LogP contribution < -0.4 is 10.1 Å². The monoisotopic (exact) mass is 439 g/mol. The van der Waals surface area contributed by atoms with Gasteiger partial charge in [-0.1, -0.05) is 30.3 Å². The van der Waals surface area contributed by atoms with Crippen LogP contribution in [0.3, 0.4) is 0 Å². The largest absolute Gasteiger partial charge is 0.484 e. The molecule has 0 aliphatic carbocycles. The van der Waals surface area contributed by atoms with Crippen LogP contribution in [-0.2, 0) is 4.79 Å². The van der Waals surface area contributed by atoms with Crippen molar-refractivity contribution in [2.24, 2.45) is 0 Å². The molecule has 164 valence electrons. The van der Waals surface area contributed by atoms with E-state index in [0.29, 0.717) is 18.8 Å². The summed E-state index contributed by atoms with van der Waals surface area (Å²) in [4.78, 5) is 29.3. The number of benzene rings is 2. The lowest BCUT2D eigenvalue weighted by molar-refractivity contribution is -0.136. The van der Waals surface area contributed by atoms with Gasteiger partial charge in [-0.25, -0.2) is 4.79 Å². The van der Waals surface area contributed by atoms with E-state index in [9.17, 15) is 9.59 Å². The highest BCUT2D eigenvalue weighted by atomic mass is 32.2. The Morgan fingerprint density at radius 3 is 2.52 bits per heavy atom. The Balaban J connectivity index is 1.34. The molecule has 0 aromatic heterocycles. The van der Waals surface area contributed by atoms with E-state index in [4.69, 9.17) is 4.74 Å². The summed E-state index contributed by atoms with van der Waals surface area (Å²) in [5, 5.41) is 3.05. The third-order valence-electron chi connectivity index (χ3n) is 6.26. The number of aryl methyl sites for hydroxylation is 1. The summed E-state index contributed by atoms with van der Waals surface area (Å²) in [6, 6.07) is 15.3. The normalized spacial score (nSPS) is 17.6. The Morgan fingerprint density at radius 1 is 1.03 bits per heavy atom. The minimum atomic E-state index is -0.229. The van der Waals surface area contributed by atoms with Crippen molar-refractivity contribution in [3.8, 4) is 5.75 Å². The maximum absolute atomic E-state index is 12.9. The number of thioether (sulfide) groups is 1.